The monoisotopic (exact) mass is 431 g/mol. The zero-order valence-electron chi connectivity index (χ0n) is 16.3. The summed E-state index contributed by atoms with van der Waals surface area (Å²) in [6.45, 7) is 3.82. The highest BCUT2D eigenvalue weighted by Gasteiger charge is 2.17. The van der Waals surface area contributed by atoms with E-state index in [1.54, 1.807) is 42.5 Å². The highest BCUT2D eigenvalue weighted by molar-refractivity contribution is 7.91. The molecule has 3 rings (SSSR count). The first-order chi connectivity index (χ1) is 13.8. The average molecular weight is 432 g/mol. The van der Waals surface area contributed by atoms with Gasteiger partial charge in [0.25, 0.3) is 5.91 Å². The second kappa shape index (κ2) is 8.71. The van der Waals surface area contributed by atoms with Crippen molar-refractivity contribution in [1.82, 2.24) is 10.2 Å². The number of sulfone groups is 1. The third-order valence-corrected chi connectivity index (χ3v) is 7.05. The molecule has 0 fully saturated rings. The predicted molar refractivity (Wildman–Crippen MR) is 113 cm³/mol. The van der Waals surface area contributed by atoms with Crippen LogP contribution in [0.2, 0.25) is 0 Å². The van der Waals surface area contributed by atoms with Crippen molar-refractivity contribution >= 4 is 32.2 Å². The highest BCUT2D eigenvalue weighted by atomic mass is 32.2. The molecule has 0 aliphatic heterocycles. The van der Waals surface area contributed by atoms with Crippen molar-refractivity contribution < 1.29 is 17.9 Å². The summed E-state index contributed by atoms with van der Waals surface area (Å²) in [5.41, 5.74) is 2.41. The van der Waals surface area contributed by atoms with E-state index in [1.807, 2.05) is 13.8 Å². The van der Waals surface area contributed by atoms with Crippen molar-refractivity contribution in [1.29, 1.82) is 0 Å². The van der Waals surface area contributed by atoms with Gasteiger partial charge < -0.3 is 4.74 Å². The number of hydrogen-bond acceptors (Lipinski definition) is 7. The van der Waals surface area contributed by atoms with Crippen LogP contribution >= 0.6 is 11.3 Å². The second-order valence-electron chi connectivity index (χ2n) is 6.50. The third kappa shape index (κ3) is 5.18. The van der Waals surface area contributed by atoms with Gasteiger partial charge in [0.05, 0.1) is 17.8 Å². The van der Waals surface area contributed by atoms with Crippen LogP contribution in [0, 0.1) is 13.8 Å². The van der Waals surface area contributed by atoms with E-state index in [-0.39, 0.29) is 18.1 Å². The normalized spacial score (nSPS) is 11.3. The molecule has 152 valence electrons. The number of rotatable bonds is 7. The van der Waals surface area contributed by atoms with Gasteiger partial charge in [0, 0.05) is 12.0 Å². The van der Waals surface area contributed by atoms with E-state index < -0.39 is 9.84 Å². The largest absolute Gasteiger partial charge is 0.497 e. The lowest BCUT2D eigenvalue weighted by Gasteiger charge is -2.06. The average Bonchev–Trinajstić information content (AvgIpc) is 3.16. The minimum Gasteiger partial charge on any atom is -0.497 e. The number of amides is 1. The van der Waals surface area contributed by atoms with Crippen LogP contribution in [0.5, 0.6) is 5.75 Å². The zero-order chi connectivity index (χ0) is 21.0. The van der Waals surface area contributed by atoms with Crippen molar-refractivity contribution in [2.75, 3.05) is 18.2 Å². The number of nitrogens with zero attached hydrogens (tertiary/aromatic N) is 2. The molecular formula is C20H21N3O4S2. The fourth-order valence-electron chi connectivity index (χ4n) is 2.59. The van der Waals surface area contributed by atoms with Gasteiger partial charge in [-0.25, -0.2) is 8.42 Å². The van der Waals surface area contributed by atoms with Crippen LogP contribution in [0.25, 0.3) is 0 Å². The summed E-state index contributed by atoms with van der Waals surface area (Å²) in [4.78, 5) is 12.6. The van der Waals surface area contributed by atoms with Crippen molar-refractivity contribution in [3.8, 4) is 5.75 Å². The Morgan fingerprint density at radius 1 is 1.10 bits per heavy atom. The van der Waals surface area contributed by atoms with Gasteiger partial charge in [-0.3, -0.25) is 10.1 Å². The van der Waals surface area contributed by atoms with Gasteiger partial charge in [-0.15, -0.1) is 10.2 Å². The molecular weight excluding hydrogens is 410 g/mol. The molecule has 1 heterocycles. The summed E-state index contributed by atoms with van der Waals surface area (Å²) in [6.07, 6.45) is 0.224. The molecule has 1 amide bonds. The van der Waals surface area contributed by atoms with Gasteiger partial charge in [0.15, 0.2) is 9.84 Å². The third-order valence-electron chi connectivity index (χ3n) is 4.44. The Morgan fingerprint density at radius 2 is 1.90 bits per heavy atom. The quantitative estimate of drug-likeness (QED) is 0.615. The van der Waals surface area contributed by atoms with Gasteiger partial charge in [-0.2, -0.15) is 0 Å². The molecule has 0 bridgehead atoms. The van der Waals surface area contributed by atoms with Gasteiger partial charge in [-0.1, -0.05) is 23.5 Å². The number of aryl methyl sites for hydroxylation is 3. The summed E-state index contributed by atoms with van der Waals surface area (Å²) < 4.78 is 30.3. The van der Waals surface area contributed by atoms with Crippen molar-refractivity contribution in [3.05, 3.63) is 64.2 Å². The van der Waals surface area contributed by atoms with Crippen molar-refractivity contribution in [2.45, 2.75) is 25.2 Å². The van der Waals surface area contributed by atoms with E-state index >= 15 is 0 Å². The number of anilines is 1. The van der Waals surface area contributed by atoms with Crippen LogP contribution in [0.1, 0.15) is 26.5 Å². The zero-order valence-corrected chi connectivity index (χ0v) is 17.9. The first-order valence-corrected chi connectivity index (χ1v) is 11.3. The number of nitrogens with one attached hydrogen (secondary N) is 1. The molecule has 0 aliphatic carbocycles. The Labute approximate surface area is 173 Å². The maximum atomic E-state index is 12.6. The van der Waals surface area contributed by atoms with Gasteiger partial charge >= 0.3 is 0 Å². The molecule has 7 nitrogen and oxygen atoms in total. The fourth-order valence-corrected chi connectivity index (χ4v) is 4.78. The van der Waals surface area contributed by atoms with E-state index in [2.05, 4.69) is 15.5 Å². The summed E-state index contributed by atoms with van der Waals surface area (Å²) in [5, 5.41) is 11.5. The van der Waals surface area contributed by atoms with Gasteiger partial charge in [0.2, 0.25) is 5.13 Å². The molecule has 1 N–H and O–H groups in total. The van der Waals surface area contributed by atoms with Crippen LogP contribution in [0.3, 0.4) is 0 Å². The number of aromatic nitrogens is 2. The number of carbonyl (C=O) groups is 1. The smallest absolute Gasteiger partial charge is 0.257 e. The minimum atomic E-state index is -3.42. The van der Waals surface area contributed by atoms with Crippen LogP contribution in [-0.2, 0) is 16.3 Å². The molecule has 2 aromatic carbocycles. The first-order valence-electron chi connectivity index (χ1n) is 8.86. The Morgan fingerprint density at radius 3 is 2.62 bits per heavy atom. The number of carbonyl (C=O) groups excluding carboxylic acids is 1. The molecule has 0 radical (unpaired) electrons. The summed E-state index contributed by atoms with van der Waals surface area (Å²) in [6, 6.07) is 11.9. The standard InChI is InChI=1S/C20H21N3O4S2/c1-13-7-8-17(11-14(13)2)29(25,26)10-9-18-22-23-20(28-18)21-19(24)15-5-4-6-16(12-15)27-3/h4-8,11-12H,9-10H2,1-3H3,(H,21,23,24). The van der Waals surface area contributed by atoms with E-state index in [0.717, 1.165) is 22.5 Å². The summed E-state index contributed by atoms with van der Waals surface area (Å²) in [7, 11) is -1.90. The molecule has 0 saturated carbocycles. The van der Waals surface area contributed by atoms with Crippen LogP contribution < -0.4 is 10.1 Å². The van der Waals surface area contributed by atoms with E-state index in [9.17, 15) is 13.2 Å². The molecule has 0 unspecified atom stereocenters. The molecule has 0 saturated heterocycles. The van der Waals surface area contributed by atoms with E-state index in [1.165, 1.54) is 7.11 Å². The highest BCUT2D eigenvalue weighted by Crippen LogP contribution is 2.21. The summed E-state index contributed by atoms with van der Waals surface area (Å²) >= 11 is 1.16. The fraction of sp³-hybridized carbons (Fsp3) is 0.250. The SMILES string of the molecule is COc1cccc(C(=O)Nc2nnc(CCS(=O)(=O)c3ccc(C)c(C)c3)s2)c1. The lowest BCUT2D eigenvalue weighted by molar-refractivity contribution is 0.102. The second-order valence-corrected chi connectivity index (χ2v) is 9.67. The number of hydrogen-bond donors (Lipinski definition) is 1. The number of benzene rings is 2. The topological polar surface area (TPSA) is 98.2 Å². The maximum Gasteiger partial charge on any atom is 0.257 e. The first kappa shape index (κ1) is 20.9. The molecule has 0 atom stereocenters. The van der Waals surface area contributed by atoms with Gasteiger partial charge in [-0.05, 0) is 55.3 Å². The van der Waals surface area contributed by atoms with Crippen molar-refractivity contribution in [2.24, 2.45) is 0 Å². The van der Waals surface area contributed by atoms with Crippen LogP contribution in [0.4, 0.5) is 5.13 Å². The molecule has 29 heavy (non-hydrogen) atoms. The van der Waals surface area contributed by atoms with Crippen LogP contribution in [-0.4, -0.2) is 37.4 Å². The molecule has 9 heteroatoms. The van der Waals surface area contributed by atoms with E-state index in [4.69, 9.17) is 4.74 Å². The van der Waals surface area contributed by atoms with Crippen molar-refractivity contribution in [3.63, 3.8) is 0 Å². The lowest BCUT2D eigenvalue weighted by Crippen LogP contribution is -2.11. The Balaban J connectivity index is 1.64. The molecule has 0 aliphatic rings. The Kier molecular flexibility index (Phi) is 6.29. The Hall–Kier alpha value is -2.78. The van der Waals surface area contributed by atoms with Crippen LogP contribution in [0.15, 0.2) is 47.4 Å². The molecule has 3 aromatic rings. The molecule has 1 aromatic heterocycles. The Bertz CT molecular complexity index is 1140. The maximum absolute atomic E-state index is 12.6. The predicted octanol–water partition coefficient (Wildman–Crippen LogP) is 3.43. The molecule has 0 spiro atoms. The lowest BCUT2D eigenvalue weighted by atomic mass is 10.1. The number of methoxy groups -OCH3 is 1. The summed E-state index contributed by atoms with van der Waals surface area (Å²) in [5.74, 6) is 0.162. The minimum absolute atomic E-state index is 0.0754. The van der Waals surface area contributed by atoms with Gasteiger partial charge in [0.1, 0.15) is 10.8 Å². The number of ether oxygens (including phenoxy) is 1. The van der Waals surface area contributed by atoms with E-state index in [0.29, 0.717) is 26.3 Å².